The van der Waals surface area contributed by atoms with E-state index in [1.54, 1.807) is 0 Å². The van der Waals surface area contributed by atoms with E-state index in [0.717, 1.165) is 6.61 Å². The van der Waals surface area contributed by atoms with E-state index in [9.17, 15) is 0 Å². The van der Waals surface area contributed by atoms with Gasteiger partial charge in [-0.05, 0) is 12.3 Å². The molecule has 1 heterocycles. The molecule has 0 bridgehead atoms. The molecular weight excluding hydrogens is 148 g/mol. The molecule has 0 amide bonds. The third-order valence-corrected chi connectivity index (χ3v) is 3.02. The monoisotopic (exact) mass is 170 g/mol. The van der Waals surface area contributed by atoms with E-state index in [4.69, 9.17) is 4.74 Å². The molecule has 0 aliphatic carbocycles. The Morgan fingerprint density at radius 3 is 2.33 bits per heavy atom. The average Bonchev–Trinajstić information content (AvgIpc) is 2.79. The Bertz CT molecular complexity index is 125. The van der Waals surface area contributed by atoms with Crippen LogP contribution in [0.25, 0.3) is 0 Å². The maximum Gasteiger partial charge on any atom is 0.0939 e. The molecule has 0 N–H and O–H groups in total. The van der Waals surface area contributed by atoms with Crippen molar-refractivity contribution in [2.24, 2.45) is 5.92 Å². The zero-order valence-electron chi connectivity index (χ0n) is 8.73. The van der Waals surface area contributed by atoms with Gasteiger partial charge in [0.1, 0.15) is 0 Å². The van der Waals surface area contributed by atoms with E-state index in [1.165, 1.54) is 32.1 Å². The van der Waals surface area contributed by atoms with E-state index in [2.05, 4.69) is 20.8 Å². The summed E-state index contributed by atoms with van der Waals surface area (Å²) in [7, 11) is 0. The number of hydrogen-bond acceptors (Lipinski definition) is 1. The van der Waals surface area contributed by atoms with Gasteiger partial charge in [-0.25, -0.2) is 0 Å². The van der Waals surface area contributed by atoms with Crippen LogP contribution < -0.4 is 0 Å². The maximum atomic E-state index is 5.54. The summed E-state index contributed by atoms with van der Waals surface area (Å²) in [6, 6.07) is 0. The van der Waals surface area contributed by atoms with Gasteiger partial charge in [0.25, 0.3) is 0 Å². The van der Waals surface area contributed by atoms with Gasteiger partial charge < -0.3 is 4.74 Å². The first kappa shape index (κ1) is 10.0. The van der Waals surface area contributed by atoms with E-state index in [-0.39, 0.29) is 0 Å². The summed E-state index contributed by atoms with van der Waals surface area (Å²) < 4.78 is 5.54. The molecule has 1 heteroatoms. The second-order valence-electron chi connectivity index (χ2n) is 4.32. The predicted molar refractivity (Wildman–Crippen MR) is 52.3 cm³/mol. The second-order valence-corrected chi connectivity index (χ2v) is 4.32. The van der Waals surface area contributed by atoms with Crippen molar-refractivity contribution in [3.8, 4) is 0 Å². The SMILES string of the molecule is CCCCCCC1(C(C)C)CO1. The van der Waals surface area contributed by atoms with Crippen LogP contribution in [0.5, 0.6) is 0 Å². The molecule has 1 rings (SSSR count). The fourth-order valence-electron chi connectivity index (χ4n) is 1.71. The number of ether oxygens (including phenoxy) is 1. The van der Waals surface area contributed by atoms with Gasteiger partial charge in [-0.3, -0.25) is 0 Å². The minimum absolute atomic E-state index is 0.299. The Morgan fingerprint density at radius 1 is 1.25 bits per heavy atom. The van der Waals surface area contributed by atoms with Gasteiger partial charge in [0.2, 0.25) is 0 Å². The van der Waals surface area contributed by atoms with Gasteiger partial charge in [0.05, 0.1) is 12.2 Å². The van der Waals surface area contributed by atoms with E-state index in [1.807, 2.05) is 0 Å². The van der Waals surface area contributed by atoms with Crippen molar-refractivity contribution in [2.75, 3.05) is 6.61 Å². The van der Waals surface area contributed by atoms with Crippen LogP contribution >= 0.6 is 0 Å². The molecule has 12 heavy (non-hydrogen) atoms. The third-order valence-electron chi connectivity index (χ3n) is 3.02. The lowest BCUT2D eigenvalue weighted by atomic mass is 9.91. The van der Waals surface area contributed by atoms with Crippen LogP contribution in [0.1, 0.15) is 52.9 Å². The minimum atomic E-state index is 0.299. The number of hydrogen-bond donors (Lipinski definition) is 0. The topological polar surface area (TPSA) is 12.5 Å². The fraction of sp³-hybridized carbons (Fsp3) is 1.00. The van der Waals surface area contributed by atoms with Gasteiger partial charge in [0, 0.05) is 0 Å². The van der Waals surface area contributed by atoms with Crippen molar-refractivity contribution >= 4 is 0 Å². The van der Waals surface area contributed by atoms with Crippen molar-refractivity contribution in [2.45, 2.75) is 58.5 Å². The van der Waals surface area contributed by atoms with Gasteiger partial charge in [-0.2, -0.15) is 0 Å². The van der Waals surface area contributed by atoms with Crippen LogP contribution in [0, 0.1) is 5.92 Å². The van der Waals surface area contributed by atoms with Crippen molar-refractivity contribution < 1.29 is 4.74 Å². The summed E-state index contributed by atoms with van der Waals surface area (Å²) in [5.74, 6) is 0.708. The van der Waals surface area contributed by atoms with Crippen LogP contribution in [0.3, 0.4) is 0 Å². The predicted octanol–water partition coefficient (Wildman–Crippen LogP) is 3.38. The van der Waals surface area contributed by atoms with Crippen LogP contribution in [-0.2, 0) is 4.74 Å². The lowest BCUT2D eigenvalue weighted by molar-refractivity contribution is 0.221. The number of unbranched alkanes of at least 4 members (excludes halogenated alkanes) is 3. The van der Waals surface area contributed by atoms with Crippen LogP contribution in [-0.4, -0.2) is 12.2 Å². The summed E-state index contributed by atoms with van der Waals surface area (Å²) in [5, 5.41) is 0. The molecule has 1 aliphatic rings. The second kappa shape index (κ2) is 4.27. The van der Waals surface area contributed by atoms with Gasteiger partial charge in [0.15, 0.2) is 0 Å². The molecule has 1 unspecified atom stereocenters. The molecule has 0 aromatic heterocycles. The van der Waals surface area contributed by atoms with Crippen molar-refractivity contribution in [1.82, 2.24) is 0 Å². The van der Waals surface area contributed by atoms with E-state index in [0.29, 0.717) is 11.5 Å². The van der Waals surface area contributed by atoms with Gasteiger partial charge in [-0.15, -0.1) is 0 Å². The maximum absolute atomic E-state index is 5.54. The minimum Gasteiger partial charge on any atom is -0.369 e. The van der Waals surface area contributed by atoms with Crippen molar-refractivity contribution in [3.63, 3.8) is 0 Å². The van der Waals surface area contributed by atoms with E-state index < -0.39 is 0 Å². The standard InChI is InChI=1S/C11H22O/c1-4-5-6-7-8-11(9-12-11)10(2)3/h10H,4-9H2,1-3H3. The average molecular weight is 170 g/mol. The summed E-state index contributed by atoms with van der Waals surface area (Å²) >= 11 is 0. The Labute approximate surface area is 76.5 Å². The van der Waals surface area contributed by atoms with Crippen LogP contribution in [0.2, 0.25) is 0 Å². The molecular formula is C11H22O. The Kier molecular flexibility index (Phi) is 3.57. The Balaban J connectivity index is 2.06. The normalized spacial score (nSPS) is 28.0. The molecule has 1 aliphatic heterocycles. The smallest absolute Gasteiger partial charge is 0.0939 e. The lowest BCUT2D eigenvalue weighted by Crippen LogP contribution is -2.18. The largest absolute Gasteiger partial charge is 0.369 e. The third kappa shape index (κ3) is 2.48. The number of rotatable bonds is 6. The highest BCUT2D eigenvalue weighted by molar-refractivity contribution is 4.94. The zero-order chi connectivity index (χ0) is 9.03. The van der Waals surface area contributed by atoms with Gasteiger partial charge in [-0.1, -0.05) is 46.5 Å². The quantitative estimate of drug-likeness (QED) is 0.440. The molecule has 1 saturated heterocycles. The highest BCUT2D eigenvalue weighted by atomic mass is 16.6. The van der Waals surface area contributed by atoms with Crippen LogP contribution in [0.4, 0.5) is 0 Å². The van der Waals surface area contributed by atoms with Crippen molar-refractivity contribution in [1.29, 1.82) is 0 Å². The highest BCUT2D eigenvalue weighted by Crippen LogP contribution is 2.39. The summed E-state index contributed by atoms with van der Waals surface area (Å²) in [4.78, 5) is 0. The highest BCUT2D eigenvalue weighted by Gasteiger charge is 2.46. The molecule has 1 nitrogen and oxygen atoms in total. The van der Waals surface area contributed by atoms with Crippen molar-refractivity contribution in [3.05, 3.63) is 0 Å². The first-order valence-electron chi connectivity index (χ1n) is 5.35. The summed E-state index contributed by atoms with van der Waals surface area (Å²) in [6.45, 7) is 7.81. The molecule has 1 atom stereocenters. The molecule has 0 radical (unpaired) electrons. The molecule has 0 spiro atoms. The molecule has 72 valence electrons. The first-order chi connectivity index (χ1) is 5.71. The molecule has 0 saturated carbocycles. The Morgan fingerprint density at radius 2 is 1.92 bits per heavy atom. The summed E-state index contributed by atoms with van der Waals surface area (Å²) in [6.07, 6.45) is 6.73. The number of epoxide rings is 1. The molecule has 0 aromatic rings. The first-order valence-corrected chi connectivity index (χ1v) is 5.35. The lowest BCUT2D eigenvalue weighted by Gasteiger charge is -2.15. The zero-order valence-corrected chi connectivity index (χ0v) is 8.73. The van der Waals surface area contributed by atoms with E-state index >= 15 is 0 Å². The summed E-state index contributed by atoms with van der Waals surface area (Å²) in [5.41, 5.74) is 0.299. The fourth-order valence-corrected chi connectivity index (χ4v) is 1.71. The Hall–Kier alpha value is -0.0400. The molecule has 0 aromatic carbocycles. The molecule has 1 fully saturated rings. The van der Waals surface area contributed by atoms with Gasteiger partial charge >= 0.3 is 0 Å². The van der Waals surface area contributed by atoms with Crippen LogP contribution in [0.15, 0.2) is 0 Å².